The van der Waals surface area contributed by atoms with Crippen molar-refractivity contribution in [3.05, 3.63) is 28.8 Å². The second kappa shape index (κ2) is 4.44. The molecule has 0 saturated carbocycles. The minimum absolute atomic E-state index is 0.0619. The normalized spacial score (nSPS) is 20.6. The van der Waals surface area contributed by atoms with E-state index in [1.807, 2.05) is 0 Å². The number of anilines is 1. The van der Waals surface area contributed by atoms with Crippen LogP contribution < -0.4 is 10.6 Å². The molecule has 0 aromatic heterocycles. The first kappa shape index (κ1) is 13.2. The molecule has 0 spiro atoms. The summed E-state index contributed by atoms with van der Waals surface area (Å²) in [6.45, 7) is 0.205. The molecular weight excluding hydrogens is 269 g/mol. The number of amides is 1. The number of hydrogen-bond acceptors (Lipinski definition) is 2. The van der Waals surface area contributed by atoms with Crippen molar-refractivity contribution in [2.24, 2.45) is 5.73 Å². The first-order valence-electron chi connectivity index (χ1n) is 5.21. The fourth-order valence-electron chi connectivity index (χ4n) is 1.88. The van der Waals surface area contributed by atoms with E-state index in [9.17, 15) is 18.0 Å². The van der Waals surface area contributed by atoms with Crippen molar-refractivity contribution in [1.82, 2.24) is 0 Å². The molecule has 3 nitrogen and oxygen atoms in total. The Balaban J connectivity index is 2.40. The molecule has 18 heavy (non-hydrogen) atoms. The maximum absolute atomic E-state index is 12.6. The molecule has 2 N–H and O–H groups in total. The van der Waals surface area contributed by atoms with E-state index in [4.69, 9.17) is 17.3 Å². The number of halogens is 4. The van der Waals surface area contributed by atoms with Gasteiger partial charge in [0.1, 0.15) is 0 Å². The van der Waals surface area contributed by atoms with E-state index in [2.05, 4.69) is 0 Å². The Kier molecular flexibility index (Phi) is 3.25. The van der Waals surface area contributed by atoms with E-state index < -0.39 is 11.7 Å². The summed E-state index contributed by atoms with van der Waals surface area (Å²) < 4.78 is 37.9. The van der Waals surface area contributed by atoms with Crippen molar-refractivity contribution in [2.75, 3.05) is 11.4 Å². The van der Waals surface area contributed by atoms with Crippen LogP contribution in [0.3, 0.4) is 0 Å². The van der Waals surface area contributed by atoms with Crippen LogP contribution in [-0.2, 0) is 11.0 Å². The van der Waals surface area contributed by atoms with Gasteiger partial charge in [-0.15, -0.1) is 0 Å². The van der Waals surface area contributed by atoms with Crippen LogP contribution in [0.15, 0.2) is 18.2 Å². The van der Waals surface area contributed by atoms with E-state index in [0.717, 1.165) is 12.1 Å². The standard InChI is InChI=1S/C11H10ClF3N2O/c12-7-1-6(11(13,14)15)2-9(3-7)17-5-8(16)4-10(17)18/h1-3,8H,4-5,16H2. The van der Waals surface area contributed by atoms with Gasteiger partial charge >= 0.3 is 6.18 Å². The quantitative estimate of drug-likeness (QED) is 0.857. The zero-order chi connectivity index (χ0) is 13.5. The van der Waals surface area contributed by atoms with Gasteiger partial charge in [-0.3, -0.25) is 4.79 Å². The molecule has 1 heterocycles. The second-order valence-corrected chi connectivity index (χ2v) is 4.60. The molecule has 1 saturated heterocycles. The molecule has 1 aromatic rings. The van der Waals surface area contributed by atoms with Gasteiger partial charge in [0.05, 0.1) is 5.56 Å². The van der Waals surface area contributed by atoms with Crippen LogP contribution in [-0.4, -0.2) is 18.5 Å². The van der Waals surface area contributed by atoms with Gasteiger partial charge in [0.2, 0.25) is 5.91 Å². The number of benzene rings is 1. The summed E-state index contributed by atoms with van der Waals surface area (Å²) in [4.78, 5) is 12.8. The van der Waals surface area contributed by atoms with Crippen molar-refractivity contribution in [3.8, 4) is 0 Å². The van der Waals surface area contributed by atoms with Crippen LogP contribution in [0, 0.1) is 0 Å². The van der Waals surface area contributed by atoms with Crippen molar-refractivity contribution in [1.29, 1.82) is 0 Å². The molecular formula is C11H10ClF3N2O. The van der Waals surface area contributed by atoms with Gasteiger partial charge in [0.15, 0.2) is 0 Å². The summed E-state index contributed by atoms with van der Waals surface area (Å²) in [6.07, 6.45) is -4.36. The molecule has 7 heteroatoms. The molecule has 1 atom stereocenters. The van der Waals surface area contributed by atoms with Crippen LogP contribution in [0.5, 0.6) is 0 Å². The van der Waals surface area contributed by atoms with Gasteiger partial charge < -0.3 is 10.6 Å². The molecule has 2 rings (SSSR count). The number of nitrogens with zero attached hydrogens (tertiary/aromatic N) is 1. The Labute approximate surface area is 106 Å². The molecule has 1 aliphatic heterocycles. The number of rotatable bonds is 1. The minimum atomic E-state index is -4.50. The fourth-order valence-corrected chi connectivity index (χ4v) is 2.11. The third-order valence-electron chi connectivity index (χ3n) is 2.68. The lowest BCUT2D eigenvalue weighted by Crippen LogP contribution is -2.28. The lowest BCUT2D eigenvalue weighted by Gasteiger charge is -2.18. The van der Waals surface area contributed by atoms with E-state index in [0.29, 0.717) is 0 Å². The van der Waals surface area contributed by atoms with Crippen LogP contribution in [0.25, 0.3) is 0 Å². The molecule has 1 unspecified atom stereocenters. The molecule has 98 valence electrons. The topological polar surface area (TPSA) is 46.3 Å². The second-order valence-electron chi connectivity index (χ2n) is 4.16. The Bertz CT molecular complexity index is 490. The average molecular weight is 279 g/mol. The Hall–Kier alpha value is -1.27. The Morgan fingerprint density at radius 3 is 2.50 bits per heavy atom. The van der Waals surface area contributed by atoms with Gasteiger partial charge in [-0.2, -0.15) is 13.2 Å². The number of carbonyl (C=O) groups excluding carboxylic acids is 1. The van der Waals surface area contributed by atoms with E-state index in [-0.39, 0.29) is 35.6 Å². The van der Waals surface area contributed by atoms with Gasteiger partial charge in [0.25, 0.3) is 0 Å². The summed E-state index contributed by atoms with van der Waals surface area (Å²) >= 11 is 5.65. The largest absolute Gasteiger partial charge is 0.416 e. The monoisotopic (exact) mass is 278 g/mol. The lowest BCUT2D eigenvalue weighted by molar-refractivity contribution is -0.137. The Morgan fingerprint density at radius 2 is 2.00 bits per heavy atom. The van der Waals surface area contributed by atoms with Gasteiger partial charge in [-0.05, 0) is 18.2 Å². The van der Waals surface area contributed by atoms with Crippen LogP contribution >= 0.6 is 11.6 Å². The summed E-state index contributed by atoms with van der Waals surface area (Å²) in [5, 5.41) is -0.0619. The van der Waals surface area contributed by atoms with Crippen molar-refractivity contribution >= 4 is 23.2 Å². The summed E-state index contributed by atoms with van der Waals surface area (Å²) in [6, 6.07) is 2.70. The molecule has 1 aromatic carbocycles. The van der Waals surface area contributed by atoms with Crippen molar-refractivity contribution in [3.63, 3.8) is 0 Å². The molecule has 0 aliphatic carbocycles. The molecule has 1 fully saturated rings. The molecule has 0 radical (unpaired) electrons. The average Bonchev–Trinajstić information content (AvgIpc) is 2.55. The maximum atomic E-state index is 12.6. The van der Waals surface area contributed by atoms with E-state index in [1.165, 1.54) is 11.0 Å². The SMILES string of the molecule is NC1CC(=O)N(c2cc(Cl)cc(C(F)(F)F)c2)C1. The first-order valence-corrected chi connectivity index (χ1v) is 5.59. The van der Waals surface area contributed by atoms with Gasteiger partial charge in [0, 0.05) is 29.7 Å². The number of nitrogens with two attached hydrogens (primary N) is 1. The van der Waals surface area contributed by atoms with Crippen LogP contribution in [0.1, 0.15) is 12.0 Å². The van der Waals surface area contributed by atoms with E-state index in [1.54, 1.807) is 0 Å². The lowest BCUT2D eigenvalue weighted by atomic mass is 10.2. The van der Waals surface area contributed by atoms with Crippen molar-refractivity contribution < 1.29 is 18.0 Å². The highest BCUT2D eigenvalue weighted by molar-refractivity contribution is 6.31. The molecule has 1 amide bonds. The third-order valence-corrected chi connectivity index (χ3v) is 2.89. The van der Waals surface area contributed by atoms with Gasteiger partial charge in [-0.25, -0.2) is 0 Å². The van der Waals surface area contributed by atoms with Gasteiger partial charge in [-0.1, -0.05) is 11.6 Å². The Morgan fingerprint density at radius 1 is 1.33 bits per heavy atom. The smallest absolute Gasteiger partial charge is 0.326 e. The highest BCUT2D eigenvalue weighted by Crippen LogP contribution is 2.35. The summed E-state index contributed by atoms with van der Waals surface area (Å²) in [5.74, 6) is -0.294. The zero-order valence-electron chi connectivity index (χ0n) is 9.17. The number of alkyl halides is 3. The number of hydrogen-bond donors (Lipinski definition) is 1. The van der Waals surface area contributed by atoms with Crippen LogP contribution in [0.4, 0.5) is 18.9 Å². The highest BCUT2D eigenvalue weighted by Gasteiger charge is 2.34. The predicted molar refractivity (Wildman–Crippen MR) is 61.4 cm³/mol. The fraction of sp³-hybridized carbons (Fsp3) is 0.364. The first-order chi connectivity index (χ1) is 8.27. The molecule has 0 bridgehead atoms. The predicted octanol–water partition coefficient (Wildman–Crippen LogP) is 2.42. The summed E-state index contributed by atoms with van der Waals surface area (Å²) in [7, 11) is 0. The molecule has 1 aliphatic rings. The van der Waals surface area contributed by atoms with Crippen molar-refractivity contribution in [2.45, 2.75) is 18.6 Å². The highest BCUT2D eigenvalue weighted by atomic mass is 35.5. The van der Waals surface area contributed by atoms with E-state index >= 15 is 0 Å². The zero-order valence-corrected chi connectivity index (χ0v) is 9.92. The van der Waals surface area contributed by atoms with Crippen LogP contribution in [0.2, 0.25) is 5.02 Å². The summed E-state index contributed by atoms with van der Waals surface area (Å²) in [5.41, 5.74) is 4.85. The minimum Gasteiger partial charge on any atom is -0.326 e. The number of carbonyl (C=O) groups is 1. The maximum Gasteiger partial charge on any atom is 0.416 e. The third kappa shape index (κ3) is 2.59.